The van der Waals surface area contributed by atoms with Crippen molar-refractivity contribution in [1.82, 2.24) is 9.55 Å². The van der Waals surface area contributed by atoms with Gasteiger partial charge < -0.3 is 9.30 Å². The number of fused-ring (bicyclic) bond motifs is 1. The molecule has 0 saturated heterocycles. The predicted molar refractivity (Wildman–Crippen MR) is 82.5 cm³/mol. The van der Waals surface area contributed by atoms with E-state index < -0.39 is 0 Å². The van der Waals surface area contributed by atoms with Crippen LogP contribution in [0, 0.1) is 0 Å². The maximum Gasteiger partial charge on any atom is 0.258 e. The van der Waals surface area contributed by atoms with Gasteiger partial charge in [-0.1, -0.05) is 12.1 Å². The minimum absolute atomic E-state index is 0.0156. The molecule has 0 fully saturated rings. The van der Waals surface area contributed by atoms with Crippen LogP contribution in [0.15, 0.2) is 59.8 Å². The third-order valence-corrected chi connectivity index (χ3v) is 3.44. The average Bonchev–Trinajstić information content (AvgIpc) is 2.54. The summed E-state index contributed by atoms with van der Waals surface area (Å²) in [7, 11) is 0. The van der Waals surface area contributed by atoms with Crippen molar-refractivity contribution >= 4 is 10.8 Å². The third kappa shape index (κ3) is 2.65. The number of hydrogen-bond donors (Lipinski definition) is 0. The van der Waals surface area contributed by atoms with Crippen molar-refractivity contribution in [2.24, 2.45) is 0 Å². The minimum Gasteiger partial charge on any atom is -0.488 e. The molecule has 0 amide bonds. The van der Waals surface area contributed by atoms with Crippen LogP contribution in [0.1, 0.15) is 12.5 Å². The van der Waals surface area contributed by atoms with Gasteiger partial charge in [0.1, 0.15) is 12.4 Å². The standard InChI is InChI=1S/C17H16N2O2/c1-2-19-10-8-14-15(17(19)20)6-3-7-16(14)21-12-13-5-4-9-18-11-13/h3-11H,2,12H2,1H3. The molecule has 3 rings (SSSR count). The van der Waals surface area contributed by atoms with Crippen LogP contribution in [0.5, 0.6) is 5.75 Å². The van der Waals surface area contributed by atoms with Gasteiger partial charge in [0.25, 0.3) is 5.56 Å². The summed E-state index contributed by atoms with van der Waals surface area (Å²) in [5, 5.41) is 1.53. The van der Waals surface area contributed by atoms with Crippen molar-refractivity contribution < 1.29 is 4.74 Å². The maximum absolute atomic E-state index is 12.3. The molecule has 2 heterocycles. The van der Waals surface area contributed by atoms with Gasteiger partial charge in [-0.05, 0) is 31.2 Å². The molecule has 0 aliphatic heterocycles. The number of ether oxygens (including phenoxy) is 1. The number of hydrogen-bond acceptors (Lipinski definition) is 3. The first-order chi connectivity index (χ1) is 10.3. The molecule has 3 aromatic rings. The highest BCUT2D eigenvalue weighted by molar-refractivity contribution is 5.87. The summed E-state index contributed by atoms with van der Waals surface area (Å²) in [6.45, 7) is 3.05. The van der Waals surface area contributed by atoms with Crippen molar-refractivity contribution in [3.63, 3.8) is 0 Å². The zero-order valence-electron chi connectivity index (χ0n) is 11.8. The number of aromatic nitrogens is 2. The largest absolute Gasteiger partial charge is 0.488 e. The van der Waals surface area contributed by atoms with Gasteiger partial charge in [-0.2, -0.15) is 0 Å². The Labute approximate surface area is 122 Å². The molecule has 0 N–H and O–H groups in total. The van der Waals surface area contributed by atoms with E-state index in [1.165, 1.54) is 0 Å². The zero-order valence-corrected chi connectivity index (χ0v) is 11.8. The first kappa shape index (κ1) is 13.4. The second kappa shape index (κ2) is 5.79. The summed E-state index contributed by atoms with van der Waals surface area (Å²) < 4.78 is 7.53. The molecule has 106 valence electrons. The van der Waals surface area contributed by atoms with Crippen LogP contribution < -0.4 is 10.3 Å². The topological polar surface area (TPSA) is 44.1 Å². The summed E-state index contributed by atoms with van der Waals surface area (Å²) in [4.78, 5) is 16.3. The van der Waals surface area contributed by atoms with E-state index in [-0.39, 0.29) is 5.56 Å². The quantitative estimate of drug-likeness (QED) is 0.738. The molecule has 0 bridgehead atoms. The Morgan fingerprint density at radius 2 is 2.05 bits per heavy atom. The maximum atomic E-state index is 12.3. The van der Waals surface area contributed by atoms with E-state index in [0.717, 1.165) is 16.7 Å². The fourth-order valence-electron chi connectivity index (χ4n) is 2.31. The number of pyridine rings is 2. The van der Waals surface area contributed by atoms with Gasteiger partial charge in [0, 0.05) is 36.1 Å². The summed E-state index contributed by atoms with van der Waals surface area (Å²) in [6.07, 6.45) is 5.31. The molecular formula is C17H16N2O2. The van der Waals surface area contributed by atoms with Crippen LogP contribution in [0.25, 0.3) is 10.8 Å². The second-order valence-electron chi connectivity index (χ2n) is 4.77. The molecule has 0 saturated carbocycles. The van der Waals surface area contributed by atoms with Gasteiger partial charge in [0.05, 0.1) is 5.39 Å². The van der Waals surface area contributed by atoms with Crippen molar-refractivity contribution in [3.8, 4) is 5.75 Å². The van der Waals surface area contributed by atoms with E-state index in [1.807, 2.05) is 49.5 Å². The van der Waals surface area contributed by atoms with Gasteiger partial charge in [0.15, 0.2) is 0 Å². The van der Waals surface area contributed by atoms with Crippen molar-refractivity contribution in [3.05, 3.63) is 70.9 Å². The number of benzene rings is 1. The monoisotopic (exact) mass is 280 g/mol. The lowest BCUT2D eigenvalue weighted by Crippen LogP contribution is -2.18. The van der Waals surface area contributed by atoms with E-state index in [0.29, 0.717) is 18.5 Å². The Kier molecular flexibility index (Phi) is 3.69. The molecular weight excluding hydrogens is 264 g/mol. The summed E-state index contributed by atoms with van der Waals surface area (Å²) in [6, 6.07) is 11.3. The fraction of sp³-hybridized carbons (Fsp3) is 0.176. The highest BCUT2D eigenvalue weighted by Crippen LogP contribution is 2.23. The fourth-order valence-corrected chi connectivity index (χ4v) is 2.31. The smallest absolute Gasteiger partial charge is 0.258 e. The Balaban J connectivity index is 1.96. The van der Waals surface area contributed by atoms with Gasteiger partial charge in [-0.15, -0.1) is 0 Å². The van der Waals surface area contributed by atoms with E-state index >= 15 is 0 Å². The van der Waals surface area contributed by atoms with Crippen molar-refractivity contribution in [1.29, 1.82) is 0 Å². The van der Waals surface area contributed by atoms with Gasteiger partial charge in [-0.3, -0.25) is 9.78 Å². The van der Waals surface area contributed by atoms with Crippen LogP contribution in [-0.4, -0.2) is 9.55 Å². The molecule has 0 aliphatic rings. The Bertz CT molecular complexity index is 810. The number of rotatable bonds is 4. The summed E-state index contributed by atoms with van der Waals surface area (Å²) in [5.74, 6) is 0.719. The molecule has 1 aromatic carbocycles. The van der Waals surface area contributed by atoms with Crippen LogP contribution in [-0.2, 0) is 13.2 Å². The molecule has 0 radical (unpaired) electrons. The molecule has 0 spiro atoms. The van der Waals surface area contributed by atoms with Crippen LogP contribution in [0.3, 0.4) is 0 Å². The summed E-state index contributed by atoms with van der Waals surface area (Å²) in [5.41, 5.74) is 1.01. The molecule has 4 nitrogen and oxygen atoms in total. The lowest BCUT2D eigenvalue weighted by atomic mass is 10.1. The van der Waals surface area contributed by atoms with Crippen LogP contribution in [0.4, 0.5) is 0 Å². The van der Waals surface area contributed by atoms with Crippen LogP contribution >= 0.6 is 0 Å². The van der Waals surface area contributed by atoms with Gasteiger partial charge in [-0.25, -0.2) is 0 Å². The molecule has 0 unspecified atom stereocenters. The molecule has 0 atom stereocenters. The normalized spacial score (nSPS) is 10.7. The third-order valence-electron chi connectivity index (χ3n) is 3.44. The molecule has 21 heavy (non-hydrogen) atoms. The Hall–Kier alpha value is -2.62. The summed E-state index contributed by atoms with van der Waals surface area (Å²) >= 11 is 0. The minimum atomic E-state index is 0.0156. The van der Waals surface area contributed by atoms with Gasteiger partial charge in [0.2, 0.25) is 0 Å². The Morgan fingerprint density at radius 1 is 1.14 bits per heavy atom. The van der Waals surface area contributed by atoms with Crippen LogP contribution in [0.2, 0.25) is 0 Å². The first-order valence-corrected chi connectivity index (χ1v) is 6.93. The predicted octanol–water partition coefficient (Wildman–Crippen LogP) is 3.00. The lowest BCUT2D eigenvalue weighted by molar-refractivity contribution is 0.309. The average molecular weight is 280 g/mol. The first-order valence-electron chi connectivity index (χ1n) is 6.93. The molecule has 0 aliphatic carbocycles. The number of aryl methyl sites for hydroxylation is 1. The van der Waals surface area contributed by atoms with E-state index in [4.69, 9.17) is 4.74 Å². The second-order valence-corrected chi connectivity index (χ2v) is 4.77. The Morgan fingerprint density at radius 3 is 2.81 bits per heavy atom. The molecule has 4 heteroatoms. The van der Waals surface area contributed by atoms with Crippen molar-refractivity contribution in [2.45, 2.75) is 20.1 Å². The van der Waals surface area contributed by atoms with E-state index in [9.17, 15) is 4.79 Å². The SMILES string of the molecule is CCn1ccc2c(OCc3cccnc3)cccc2c1=O. The highest BCUT2D eigenvalue weighted by atomic mass is 16.5. The number of nitrogens with zero attached hydrogens (tertiary/aromatic N) is 2. The highest BCUT2D eigenvalue weighted by Gasteiger charge is 2.07. The lowest BCUT2D eigenvalue weighted by Gasteiger charge is -2.10. The van der Waals surface area contributed by atoms with Gasteiger partial charge >= 0.3 is 0 Å². The molecule has 2 aromatic heterocycles. The van der Waals surface area contributed by atoms with Crippen molar-refractivity contribution in [2.75, 3.05) is 0 Å². The van der Waals surface area contributed by atoms with E-state index in [1.54, 1.807) is 17.0 Å². The van der Waals surface area contributed by atoms with E-state index in [2.05, 4.69) is 4.98 Å². The zero-order chi connectivity index (χ0) is 14.7.